The number of fused-ring (bicyclic) bond motifs is 1. The second-order valence-electron chi connectivity index (χ2n) is 7.15. The first kappa shape index (κ1) is 20.8. The van der Waals surface area contributed by atoms with Gasteiger partial charge in [-0.1, -0.05) is 6.07 Å². The van der Waals surface area contributed by atoms with Crippen molar-refractivity contribution < 1.29 is 14.6 Å². The number of carbonyl (C=O) groups is 1. The lowest BCUT2D eigenvalue weighted by molar-refractivity contribution is 0.0692. The number of nitrogens with zero attached hydrogens (tertiary/aromatic N) is 2. The summed E-state index contributed by atoms with van der Waals surface area (Å²) in [7, 11) is 0. The Hall–Kier alpha value is -3.45. The zero-order chi connectivity index (χ0) is 21.8. The molecule has 2 aromatic heterocycles. The predicted molar refractivity (Wildman–Crippen MR) is 124 cm³/mol. The fourth-order valence-electron chi connectivity index (χ4n) is 3.50. The van der Waals surface area contributed by atoms with Crippen molar-refractivity contribution in [2.24, 2.45) is 0 Å². The van der Waals surface area contributed by atoms with Crippen molar-refractivity contribution in [1.82, 2.24) is 9.97 Å². The maximum atomic E-state index is 11.4. The maximum Gasteiger partial charge on any atom is 0.339 e. The number of thiophene rings is 1. The number of carboxylic acid groups (broad SMARTS) is 1. The highest BCUT2D eigenvalue weighted by atomic mass is 32.1. The molecule has 0 saturated carbocycles. The van der Waals surface area contributed by atoms with Gasteiger partial charge in [-0.15, -0.1) is 11.3 Å². The van der Waals surface area contributed by atoms with Crippen LogP contribution >= 0.6 is 11.3 Å². The summed E-state index contributed by atoms with van der Waals surface area (Å²) in [6.45, 7) is 5.10. The molecule has 0 amide bonds. The van der Waals surface area contributed by atoms with Gasteiger partial charge >= 0.3 is 5.97 Å². The molecule has 0 bridgehead atoms. The minimum Gasteiger partial charge on any atom is -0.493 e. The number of aryl methyl sites for hydroxylation is 1. The number of ether oxygens (including phenoxy) is 1. The van der Waals surface area contributed by atoms with Crippen molar-refractivity contribution in [1.29, 1.82) is 0 Å². The van der Waals surface area contributed by atoms with Gasteiger partial charge in [0.05, 0.1) is 12.3 Å². The van der Waals surface area contributed by atoms with Gasteiger partial charge in [0.15, 0.2) is 0 Å². The van der Waals surface area contributed by atoms with E-state index in [2.05, 4.69) is 45.8 Å². The first-order valence-electron chi connectivity index (χ1n) is 10.1. The largest absolute Gasteiger partial charge is 0.493 e. The van der Waals surface area contributed by atoms with Gasteiger partial charge in [-0.2, -0.15) is 0 Å². The molecule has 6 nitrogen and oxygen atoms in total. The third kappa shape index (κ3) is 4.67. The normalized spacial score (nSPS) is 10.9. The lowest BCUT2D eigenvalue weighted by Crippen LogP contribution is -2.07. The quantitative estimate of drug-likeness (QED) is 0.386. The van der Waals surface area contributed by atoms with Crippen LogP contribution in [-0.4, -0.2) is 34.2 Å². The molecule has 0 saturated heterocycles. The minimum absolute atomic E-state index is 0.135. The molecular formula is C24H23N3O3S. The molecule has 158 valence electrons. The Labute approximate surface area is 184 Å². The predicted octanol–water partition coefficient (Wildman–Crippen LogP) is 5.42. The summed E-state index contributed by atoms with van der Waals surface area (Å²) in [5.74, 6) is 0.0374. The van der Waals surface area contributed by atoms with E-state index in [0.29, 0.717) is 18.1 Å². The highest BCUT2D eigenvalue weighted by Gasteiger charge is 2.13. The first-order valence-corrected chi connectivity index (χ1v) is 11.0. The van der Waals surface area contributed by atoms with E-state index in [4.69, 9.17) is 4.74 Å². The number of rotatable bonds is 8. The standard InChI is InChI=1S/C24H23N3O3S/c1-3-30-21-12-17(4-5-19(21)24(28)29)20-13-23(27-14-26-20)25-8-6-16-11-18-7-9-31-22(18)10-15(16)2/h4-5,7,9-14H,3,6,8H2,1-2H3,(H,28,29)(H,25,26,27). The molecule has 0 aliphatic rings. The van der Waals surface area contributed by atoms with Crippen molar-refractivity contribution in [3.8, 4) is 17.0 Å². The molecule has 0 radical (unpaired) electrons. The number of benzene rings is 2. The molecule has 31 heavy (non-hydrogen) atoms. The van der Waals surface area contributed by atoms with Crippen molar-refractivity contribution >= 4 is 33.2 Å². The molecule has 2 aromatic carbocycles. The molecular weight excluding hydrogens is 410 g/mol. The fraction of sp³-hybridized carbons (Fsp3) is 0.208. The van der Waals surface area contributed by atoms with Gasteiger partial charge in [-0.25, -0.2) is 14.8 Å². The molecule has 4 aromatic rings. The highest BCUT2D eigenvalue weighted by Crippen LogP contribution is 2.28. The summed E-state index contributed by atoms with van der Waals surface area (Å²) in [6, 6.07) is 13.5. The van der Waals surface area contributed by atoms with Crippen molar-refractivity contribution in [2.45, 2.75) is 20.3 Å². The lowest BCUT2D eigenvalue weighted by Gasteiger charge is -2.11. The Balaban J connectivity index is 1.48. The Morgan fingerprint density at radius 2 is 2.03 bits per heavy atom. The second kappa shape index (κ2) is 9.14. The van der Waals surface area contributed by atoms with Gasteiger partial charge in [0.2, 0.25) is 0 Å². The van der Waals surface area contributed by atoms with Crippen LogP contribution in [0.4, 0.5) is 5.82 Å². The molecule has 0 unspecified atom stereocenters. The number of anilines is 1. The summed E-state index contributed by atoms with van der Waals surface area (Å²) >= 11 is 1.76. The van der Waals surface area contributed by atoms with E-state index in [1.807, 2.05) is 13.0 Å². The van der Waals surface area contributed by atoms with Gasteiger partial charge in [0.25, 0.3) is 0 Å². The van der Waals surface area contributed by atoms with Crippen LogP contribution in [0.1, 0.15) is 28.4 Å². The molecule has 4 rings (SSSR count). The van der Waals surface area contributed by atoms with E-state index in [9.17, 15) is 9.90 Å². The van der Waals surface area contributed by atoms with Crippen LogP contribution in [-0.2, 0) is 6.42 Å². The number of hydrogen-bond acceptors (Lipinski definition) is 6. The Morgan fingerprint density at radius 1 is 1.16 bits per heavy atom. The highest BCUT2D eigenvalue weighted by molar-refractivity contribution is 7.17. The SMILES string of the molecule is CCOc1cc(-c2cc(NCCc3cc4ccsc4cc3C)ncn2)ccc1C(=O)O. The van der Waals surface area contributed by atoms with E-state index >= 15 is 0 Å². The van der Waals surface area contributed by atoms with Crippen LogP contribution in [0, 0.1) is 6.92 Å². The summed E-state index contributed by atoms with van der Waals surface area (Å²) in [5, 5.41) is 16.1. The molecule has 0 spiro atoms. The summed E-state index contributed by atoms with van der Waals surface area (Å²) in [5.41, 5.74) is 4.22. The molecule has 2 N–H and O–H groups in total. The maximum absolute atomic E-state index is 11.4. The van der Waals surface area contributed by atoms with Gasteiger partial charge < -0.3 is 15.2 Å². The third-order valence-corrected chi connectivity index (χ3v) is 5.97. The van der Waals surface area contributed by atoms with Gasteiger partial charge in [-0.05, 0) is 72.5 Å². The van der Waals surface area contributed by atoms with Crippen LogP contribution in [0.2, 0.25) is 0 Å². The third-order valence-electron chi connectivity index (χ3n) is 5.09. The average molecular weight is 434 g/mol. The van der Waals surface area contributed by atoms with Gasteiger partial charge in [-0.3, -0.25) is 0 Å². The molecule has 0 fully saturated rings. The molecule has 0 aliphatic heterocycles. The van der Waals surface area contributed by atoms with E-state index in [0.717, 1.165) is 24.3 Å². The van der Waals surface area contributed by atoms with Crippen molar-refractivity contribution in [3.63, 3.8) is 0 Å². The number of aromatic carboxylic acids is 1. The fourth-order valence-corrected chi connectivity index (χ4v) is 4.37. The van der Waals surface area contributed by atoms with Crippen LogP contribution in [0.15, 0.2) is 54.2 Å². The number of hydrogen-bond donors (Lipinski definition) is 2. The Morgan fingerprint density at radius 3 is 2.84 bits per heavy atom. The van der Waals surface area contributed by atoms with Crippen LogP contribution < -0.4 is 10.1 Å². The summed E-state index contributed by atoms with van der Waals surface area (Å²) in [6.07, 6.45) is 2.39. The second-order valence-corrected chi connectivity index (χ2v) is 8.10. The topological polar surface area (TPSA) is 84.3 Å². The van der Waals surface area contributed by atoms with E-state index in [-0.39, 0.29) is 5.56 Å². The minimum atomic E-state index is -1.02. The van der Waals surface area contributed by atoms with Crippen LogP contribution in [0.25, 0.3) is 21.3 Å². The monoisotopic (exact) mass is 433 g/mol. The lowest BCUT2D eigenvalue weighted by atomic mass is 10.0. The van der Waals surface area contributed by atoms with Crippen molar-refractivity contribution in [3.05, 3.63) is 70.9 Å². The van der Waals surface area contributed by atoms with Gasteiger partial charge in [0, 0.05) is 22.9 Å². The molecule has 0 atom stereocenters. The van der Waals surface area contributed by atoms with Crippen LogP contribution in [0.3, 0.4) is 0 Å². The summed E-state index contributed by atoms with van der Waals surface area (Å²) < 4.78 is 6.82. The van der Waals surface area contributed by atoms with E-state index in [1.54, 1.807) is 29.5 Å². The molecule has 0 aliphatic carbocycles. The Bertz CT molecular complexity index is 1240. The van der Waals surface area contributed by atoms with E-state index < -0.39 is 5.97 Å². The number of nitrogens with one attached hydrogen (secondary N) is 1. The van der Waals surface area contributed by atoms with Crippen molar-refractivity contribution in [2.75, 3.05) is 18.5 Å². The zero-order valence-corrected chi connectivity index (χ0v) is 18.2. The molecule has 2 heterocycles. The van der Waals surface area contributed by atoms with Gasteiger partial charge in [0.1, 0.15) is 23.5 Å². The zero-order valence-electron chi connectivity index (χ0n) is 17.4. The average Bonchev–Trinajstić information content (AvgIpc) is 3.21. The molecule has 7 heteroatoms. The smallest absolute Gasteiger partial charge is 0.339 e. The number of carboxylic acids is 1. The first-order chi connectivity index (χ1) is 15.0. The van der Waals surface area contributed by atoms with Crippen LogP contribution in [0.5, 0.6) is 5.75 Å². The van der Waals surface area contributed by atoms with E-state index in [1.165, 1.54) is 27.5 Å². The Kier molecular flexibility index (Phi) is 6.13. The number of aromatic nitrogens is 2. The summed E-state index contributed by atoms with van der Waals surface area (Å²) in [4.78, 5) is 20.1.